The van der Waals surface area contributed by atoms with Crippen molar-refractivity contribution < 1.29 is 9.59 Å². The minimum Gasteiger partial charge on any atom is -0.326 e. The zero-order chi connectivity index (χ0) is 14.3. The van der Waals surface area contributed by atoms with E-state index in [1.807, 2.05) is 19.1 Å². The van der Waals surface area contributed by atoms with Crippen LogP contribution in [0.1, 0.15) is 31.8 Å². The molecule has 1 aliphatic heterocycles. The highest BCUT2D eigenvalue weighted by molar-refractivity contribution is 6.34. The Hall–Kier alpha value is -2.53. The summed E-state index contributed by atoms with van der Waals surface area (Å²) in [5.74, 6) is -0.675. The lowest BCUT2D eigenvalue weighted by Crippen LogP contribution is -2.30. The quantitative estimate of drug-likeness (QED) is 0.839. The van der Waals surface area contributed by atoms with Gasteiger partial charge in [0.25, 0.3) is 11.8 Å². The van der Waals surface area contributed by atoms with E-state index in [4.69, 9.17) is 5.73 Å². The lowest BCUT2D eigenvalue weighted by molar-refractivity contribution is 0.0926. The van der Waals surface area contributed by atoms with Crippen LogP contribution in [0, 0.1) is 6.92 Å². The Labute approximate surface area is 116 Å². The van der Waals surface area contributed by atoms with E-state index in [0.717, 1.165) is 11.1 Å². The van der Waals surface area contributed by atoms with Gasteiger partial charge in [0.2, 0.25) is 0 Å². The molecule has 100 valence electrons. The number of anilines is 1. The first-order valence-electron chi connectivity index (χ1n) is 6.26. The third kappa shape index (κ3) is 1.64. The van der Waals surface area contributed by atoms with Crippen LogP contribution in [0.2, 0.25) is 0 Å². The van der Waals surface area contributed by atoms with Crippen LogP contribution in [0.5, 0.6) is 0 Å². The van der Waals surface area contributed by atoms with Crippen LogP contribution in [0.15, 0.2) is 36.7 Å². The van der Waals surface area contributed by atoms with Crippen LogP contribution in [-0.2, 0) is 6.54 Å². The minimum atomic E-state index is -0.349. The van der Waals surface area contributed by atoms with Crippen molar-refractivity contribution in [3.8, 4) is 0 Å². The molecule has 5 heteroatoms. The molecule has 1 aromatic heterocycles. The molecule has 0 fully saturated rings. The predicted molar refractivity (Wildman–Crippen MR) is 74.4 cm³/mol. The average Bonchev–Trinajstić information content (AvgIpc) is 2.71. The number of pyridine rings is 1. The summed E-state index contributed by atoms with van der Waals surface area (Å²) >= 11 is 0. The Morgan fingerprint density at radius 3 is 2.60 bits per heavy atom. The number of benzene rings is 1. The van der Waals surface area contributed by atoms with Crippen LogP contribution in [0.3, 0.4) is 0 Å². The first-order valence-corrected chi connectivity index (χ1v) is 6.26. The molecule has 1 aromatic carbocycles. The number of amides is 2. The smallest absolute Gasteiger partial charge is 0.267 e. The predicted octanol–water partition coefficient (Wildman–Crippen LogP) is 1.65. The molecule has 0 aliphatic carbocycles. The molecular formula is C15H13N3O2. The Bertz CT molecular complexity index is 690. The maximum atomic E-state index is 12.4. The van der Waals surface area contributed by atoms with Crippen LogP contribution in [0.4, 0.5) is 5.69 Å². The van der Waals surface area contributed by atoms with Crippen LogP contribution in [0.25, 0.3) is 0 Å². The highest BCUT2D eigenvalue weighted by atomic mass is 16.2. The van der Waals surface area contributed by atoms with Gasteiger partial charge in [-0.05, 0) is 30.2 Å². The highest BCUT2D eigenvalue weighted by Crippen LogP contribution is 2.31. The summed E-state index contributed by atoms with van der Waals surface area (Å²) in [4.78, 5) is 29.9. The summed E-state index contributed by atoms with van der Waals surface area (Å²) in [6.45, 7) is 2.18. The normalized spacial score (nSPS) is 13.8. The van der Waals surface area contributed by atoms with Gasteiger partial charge in [-0.2, -0.15) is 0 Å². The summed E-state index contributed by atoms with van der Waals surface area (Å²) < 4.78 is 0. The van der Waals surface area contributed by atoms with Gasteiger partial charge >= 0.3 is 0 Å². The van der Waals surface area contributed by atoms with Crippen LogP contribution in [-0.4, -0.2) is 16.8 Å². The van der Waals surface area contributed by atoms with Gasteiger partial charge in [-0.1, -0.05) is 12.1 Å². The van der Waals surface area contributed by atoms with Gasteiger partial charge in [-0.15, -0.1) is 0 Å². The second kappa shape index (κ2) is 4.54. The van der Waals surface area contributed by atoms with Crippen LogP contribution >= 0.6 is 0 Å². The third-order valence-electron chi connectivity index (χ3n) is 3.52. The van der Waals surface area contributed by atoms with Crippen LogP contribution < -0.4 is 10.6 Å². The number of rotatable bonds is 2. The number of aromatic nitrogens is 1. The highest BCUT2D eigenvalue weighted by Gasteiger charge is 2.37. The molecule has 20 heavy (non-hydrogen) atoms. The molecule has 0 saturated heterocycles. The molecule has 0 bridgehead atoms. The monoisotopic (exact) mass is 267 g/mol. The molecule has 2 aromatic rings. The molecule has 0 unspecified atom stereocenters. The summed E-state index contributed by atoms with van der Waals surface area (Å²) in [6, 6.07) is 7.02. The Balaban J connectivity index is 2.17. The topological polar surface area (TPSA) is 76.3 Å². The molecule has 0 radical (unpaired) electrons. The van der Waals surface area contributed by atoms with E-state index in [1.54, 1.807) is 12.1 Å². The van der Waals surface area contributed by atoms with E-state index < -0.39 is 0 Å². The molecule has 2 heterocycles. The number of nitrogens with zero attached hydrogens (tertiary/aromatic N) is 2. The second-order valence-corrected chi connectivity index (χ2v) is 4.64. The van der Waals surface area contributed by atoms with Crippen molar-refractivity contribution in [3.05, 3.63) is 58.9 Å². The maximum absolute atomic E-state index is 12.4. The van der Waals surface area contributed by atoms with Crippen molar-refractivity contribution in [2.45, 2.75) is 13.5 Å². The van der Waals surface area contributed by atoms with E-state index in [1.165, 1.54) is 17.3 Å². The summed E-state index contributed by atoms with van der Waals surface area (Å²) in [7, 11) is 0. The molecule has 0 saturated carbocycles. The second-order valence-electron chi connectivity index (χ2n) is 4.64. The SMILES string of the molecule is Cc1cccc(N2C(=O)c3ccncc3C2=O)c1CN. The van der Waals surface area contributed by atoms with E-state index in [-0.39, 0.29) is 18.4 Å². The van der Waals surface area contributed by atoms with E-state index in [9.17, 15) is 9.59 Å². The molecule has 5 nitrogen and oxygen atoms in total. The summed E-state index contributed by atoms with van der Waals surface area (Å²) in [5.41, 5.74) is 8.79. The van der Waals surface area contributed by atoms with Gasteiger partial charge in [-0.3, -0.25) is 14.6 Å². The third-order valence-corrected chi connectivity index (χ3v) is 3.52. The molecule has 2 amide bonds. The van der Waals surface area contributed by atoms with Crippen molar-refractivity contribution in [2.75, 3.05) is 4.90 Å². The average molecular weight is 267 g/mol. The summed E-state index contributed by atoms with van der Waals surface area (Å²) in [6.07, 6.45) is 2.93. The van der Waals surface area contributed by atoms with Gasteiger partial charge < -0.3 is 5.73 Å². The van der Waals surface area contributed by atoms with E-state index in [2.05, 4.69) is 4.98 Å². The van der Waals surface area contributed by atoms with Crippen molar-refractivity contribution in [3.63, 3.8) is 0 Å². The fourth-order valence-corrected chi connectivity index (χ4v) is 2.47. The minimum absolute atomic E-state index is 0.271. The Morgan fingerprint density at radius 2 is 1.90 bits per heavy atom. The maximum Gasteiger partial charge on any atom is 0.267 e. The van der Waals surface area contributed by atoms with Gasteiger partial charge in [-0.25, -0.2) is 4.90 Å². The van der Waals surface area contributed by atoms with Crippen molar-refractivity contribution in [1.29, 1.82) is 0 Å². The number of fused-ring (bicyclic) bond motifs is 1. The molecular weight excluding hydrogens is 254 g/mol. The lowest BCUT2D eigenvalue weighted by atomic mass is 10.1. The molecule has 0 atom stereocenters. The fraction of sp³-hybridized carbons (Fsp3) is 0.133. The zero-order valence-electron chi connectivity index (χ0n) is 11.0. The van der Waals surface area contributed by atoms with Gasteiger partial charge in [0.05, 0.1) is 16.8 Å². The van der Waals surface area contributed by atoms with Crippen molar-refractivity contribution in [1.82, 2.24) is 4.98 Å². The van der Waals surface area contributed by atoms with Gasteiger partial charge in [0, 0.05) is 18.9 Å². The Morgan fingerprint density at radius 1 is 1.15 bits per heavy atom. The largest absolute Gasteiger partial charge is 0.326 e. The zero-order valence-corrected chi connectivity index (χ0v) is 11.0. The molecule has 1 aliphatic rings. The number of hydrogen-bond donors (Lipinski definition) is 1. The number of imide groups is 1. The number of hydrogen-bond acceptors (Lipinski definition) is 4. The number of carbonyl (C=O) groups is 2. The number of carbonyl (C=O) groups excluding carboxylic acids is 2. The van der Waals surface area contributed by atoms with Crippen molar-refractivity contribution in [2.24, 2.45) is 5.73 Å². The Kier molecular flexibility index (Phi) is 2.84. The molecule has 3 rings (SSSR count). The standard InChI is InChI=1S/C15H13N3O2/c1-9-3-2-4-13(11(9)7-16)18-14(19)10-5-6-17-8-12(10)15(18)20/h2-6,8H,7,16H2,1H3. The van der Waals surface area contributed by atoms with Gasteiger partial charge in [0.15, 0.2) is 0 Å². The number of nitrogens with two attached hydrogens (primary N) is 1. The molecule has 0 spiro atoms. The van der Waals surface area contributed by atoms with E-state index >= 15 is 0 Å². The number of aryl methyl sites for hydroxylation is 1. The summed E-state index contributed by atoms with van der Waals surface area (Å²) in [5, 5.41) is 0. The molecule has 2 N–H and O–H groups in total. The fourth-order valence-electron chi connectivity index (χ4n) is 2.47. The first kappa shape index (κ1) is 12.5. The van der Waals surface area contributed by atoms with Gasteiger partial charge in [0.1, 0.15) is 0 Å². The lowest BCUT2D eigenvalue weighted by Gasteiger charge is -2.19. The van der Waals surface area contributed by atoms with Crippen molar-refractivity contribution >= 4 is 17.5 Å². The first-order chi connectivity index (χ1) is 9.65. The van der Waals surface area contributed by atoms with E-state index in [0.29, 0.717) is 16.8 Å².